The Kier molecular flexibility index (Phi) is 6.81. The van der Waals surface area contributed by atoms with E-state index in [1.165, 1.54) is 17.0 Å². The lowest BCUT2D eigenvalue weighted by Crippen LogP contribution is -2.51. The van der Waals surface area contributed by atoms with Crippen LogP contribution in [0.15, 0.2) is 95.4 Å². The molecular weight excluding hydrogens is 472 g/mol. The summed E-state index contributed by atoms with van der Waals surface area (Å²) in [6.07, 6.45) is -1.03. The van der Waals surface area contributed by atoms with E-state index in [-0.39, 0.29) is 24.7 Å². The summed E-state index contributed by atoms with van der Waals surface area (Å²) in [4.78, 5) is 29.0. The SMILES string of the molecule is Cc1ccc([C@@H](C(=O)NCc2ccccc2)N(C(=O)[C@H]2COc3ccccc3O2)c2cccc(O)c2)o1. The largest absolute Gasteiger partial charge is 0.508 e. The fourth-order valence-corrected chi connectivity index (χ4v) is 4.20. The Bertz CT molecular complexity index is 1400. The number of carbonyl (C=O) groups excluding carboxylic acids is 2. The van der Waals surface area contributed by atoms with Crippen molar-refractivity contribution in [2.45, 2.75) is 25.6 Å². The number of hydrogen-bond donors (Lipinski definition) is 2. The number of para-hydroxylation sites is 2. The number of hydrogen-bond acceptors (Lipinski definition) is 6. The van der Waals surface area contributed by atoms with E-state index in [4.69, 9.17) is 13.9 Å². The van der Waals surface area contributed by atoms with Gasteiger partial charge in [-0.05, 0) is 48.9 Å². The lowest BCUT2D eigenvalue weighted by molar-refractivity contribution is -0.132. The van der Waals surface area contributed by atoms with Crippen molar-refractivity contribution in [2.75, 3.05) is 11.5 Å². The molecule has 0 bridgehead atoms. The second-order valence-corrected chi connectivity index (χ2v) is 8.65. The van der Waals surface area contributed by atoms with Crippen molar-refractivity contribution in [3.05, 3.63) is 108 Å². The smallest absolute Gasteiger partial charge is 0.272 e. The number of ether oxygens (including phenoxy) is 2. The lowest BCUT2D eigenvalue weighted by atomic mass is 10.1. The van der Waals surface area contributed by atoms with Crippen molar-refractivity contribution in [1.82, 2.24) is 5.32 Å². The summed E-state index contributed by atoms with van der Waals surface area (Å²) in [5.74, 6) is 0.806. The first-order chi connectivity index (χ1) is 18.0. The van der Waals surface area contributed by atoms with Gasteiger partial charge in [0.05, 0.1) is 0 Å². The van der Waals surface area contributed by atoms with Crippen LogP contribution in [0.3, 0.4) is 0 Å². The number of fused-ring (bicyclic) bond motifs is 1. The highest BCUT2D eigenvalue weighted by Crippen LogP contribution is 2.35. The molecule has 2 amide bonds. The fourth-order valence-electron chi connectivity index (χ4n) is 4.20. The third kappa shape index (κ3) is 5.28. The van der Waals surface area contributed by atoms with Gasteiger partial charge < -0.3 is 24.3 Å². The summed E-state index contributed by atoms with van der Waals surface area (Å²) >= 11 is 0. The van der Waals surface area contributed by atoms with Crippen molar-refractivity contribution in [2.24, 2.45) is 0 Å². The Morgan fingerprint density at radius 1 is 0.973 bits per heavy atom. The molecule has 1 aromatic heterocycles. The molecule has 1 aliphatic heterocycles. The number of nitrogens with zero attached hydrogens (tertiary/aromatic N) is 1. The molecule has 0 unspecified atom stereocenters. The number of amides is 2. The van der Waals surface area contributed by atoms with Gasteiger partial charge in [0.2, 0.25) is 6.10 Å². The second-order valence-electron chi connectivity index (χ2n) is 8.65. The summed E-state index contributed by atoms with van der Waals surface area (Å²) in [6, 6.07) is 24.9. The second kappa shape index (κ2) is 10.5. The van der Waals surface area contributed by atoms with Crippen LogP contribution in [-0.4, -0.2) is 29.6 Å². The first-order valence-electron chi connectivity index (χ1n) is 11.9. The fraction of sp³-hybridized carbons (Fsp3) is 0.172. The van der Waals surface area contributed by atoms with Crippen LogP contribution in [0.1, 0.15) is 23.1 Å². The van der Waals surface area contributed by atoms with E-state index in [0.29, 0.717) is 22.9 Å². The van der Waals surface area contributed by atoms with Crippen LogP contribution in [-0.2, 0) is 16.1 Å². The molecule has 37 heavy (non-hydrogen) atoms. The molecule has 2 heterocycles. The maximum Gasteiger partial charge on any atom is 0.272 e. The molecule has 0 fully saturated rings. The molecule has 8 heteroatoms. The Labute approximate surface area is 214 Å². The molecule has 5 rings (SSSR count). The minimum absolute atomic E-state index is 0.0410. The number of nitrogens with one attached hydrogen (secondary N) is 1. The minimum atomic E-state index is -1.17. The highest BCUT2D eigenvalue weighted by molar-refractivity contribution is 6.03. The zero-order valence-electron chi connectivity index (χ0n) is 20.2. The zero-order valence-corrected chi connectivity index (χ0v) is 20.2. The van der Waals surface area contributed by atoms with Crippen LogP contribution in [0, 0.1) is 6.92 Å². The molecule has 2 atom stereocenters. The summed E-state index contributed by atoms with van der Waals surface area (Å²) in [5.41, 5.74) is 1.21. The van der Waals surface area contributed by atoms with Gasteiger partial charge in [0, 0.05) is 18.3 Å². The Hall–Kier alpha value is -4.72. The van der Waals surface area contributed by atoms with Gasteiger partial charge in [0.15, 0.2) is 17.5 Å². The van der Waals surface area contributed by atoms with E-state index in [0.717, 1.165) is 5.56 Å². The number of phenols is 1. The number of aromatic hydroxyl groups is 1. The molecule has 0 spiro atoms. The molecule has 8 nitrogen and oxygen atoms in total. The van der Waals surface area contributed by atoms with Crippen LogP contribution in [0.5, 0.6) is 17.2 Å². The predicted molar refractivity (Wildman–Crippen MR) is 136 cm³/mol. The zero-order chi connectivity index (χ0) is 25.8. The lowest BCUT2D eigenvalue weighted by Gasteiger charge is -2.34. The number of furan rings is 1. The van der Waals surface area contributed by atoms with Crippen LogP contribution in [0.25, 0.3) is 0 Å². The molecule has 1 aliphatic rings. The standard InChI is InChI=1S/C29H26N2O6/c1-19-14-15-25(36-19)27(28(33)30-17-20-8-3-2-4-9-20)31(21-10-7-11-22(32)16-21)29(34)26-18-35-23-12-5-6-13-24(23)37-26/h2-16,26-27,32H,17-18H2,1H3,(H,30,33)/t26-,27+/m1/s1. The van der Waals surface area contributed by atoms with Gasteiger partial charge in [-0.2, -0.15) is 0 Å². The number of aryl methyl sites for hydroxylation is 1. The van der Waals surface area contributed by atoms with Gasteiger partial charge in [-0.15, -0.1) is 0 Å². The first kappa shape index (κ1) is 24.0. The average Bonchev–Trinajstić information content (AvgIpc) is 3.35. The number of benzene rings is 3. The Morgan fingerprint density at radius 2 is 1.73 bits per heavy atom. The highest BCUT2D eigenvalue weighted by Gasteiger charge is 2.40. The van der Waals surface area contributed by atoms with E-state index in [2.05, 4.69) is 5.32 Å². The summed E-state index contributed by atoms with van der Waals surface area (Å²) < 4.78 is 17.6. The van der Waals surface area contributed by atoms with Gasteiger partial charge in [-0.1, -0.05) is 48.5 Å². The van der Waals surface area contributed by atoms with Crippen LogP contribution < -0.4 is 19.7 Å². The average molecular weight is 499 g/mol. The molecule has 0 aliphatic carbocycles. The maximum atomic E-state index is 14.0. The Morgan fingerprint density at radius 3 is 2.46 bits per heavy atom. The van der Waals surface area contributed by atoms with E-state index < -0.39 is 24.0 Å². The van der Waals surface area contributed by atoms with E-state index in [9.17, 15) is 14.7 Å². The van der Waals surface area contributed by atoms with Gasteiger partial charge in [-0.25, -0.2) is 0 Å². The third-order valence-electron chi connectivity index (χ3n) is 5.98. The molecule has 0 saturated carbocycles. The molecule has 4 aromatic rings. The molecule has 0 radical (unpaired) electrons. The summed E-state index contributed by atoms with van der Waals surface area (Å²) in [7, 11) is 0. The van der Waals surface area contributed by atoms with E-state index >= 15 is 0 Å². The topological polar surface area (TPSA) is 101 Å². The number of rotatable bonds is 7. The molecule has 0 saturated heterocycles. The number of carbonyl (C=O) groups is 2. The Balaban J connectivity index is 1.52. The molecule has 3 aromatic carbocycles. The number of phenolic OH excluding ortho intramolecular Hbond substituents is 1. The highest BCUT2D eigenvalue weighted by atomic mass is 16.6. The van der Waals surface area contributed by atoms with Crippen LogP contribution in [0.2, 0.25) is 0 Å². The number of anilines is 1. The third-order valence-corrected chi connectivity index (χ3v) is 5.98. The van der Waals surface area contributed by atoms with E-state index in [1.807, 2.05) is 36.4 Å². The van der Waals surface area contributed by atoms with Crippen molar-refractivity contribution < 1.29 is 28.6 Å². The summed E-state index contributed by atoms with van der Waals surface area (Å²) in [6.45, 7) is 1.98. The normalized spacial score (nSPS) is 15.0. The van der Waals surface area contributed by atoms with Gasteiger partial charge in [-0.3, -0.25) is 14.5 Å². The van der Waals surface area contributed by atoms with Gasteiger partial charge in [0.25, 0.3) is 11.8 Å². The van der Waals surface area contributed by atoms with Crippen molar-refractivity contribution in [3.8, 4) is 17.2 Å². The van der Waals surface area contributed by atoms with Crippen molar-refractivity contribution >= 4 is 17.5 Å². The minimum Gasteiger partial charge on any atom is -0.508 e. The van der Waals surface area contributed by atoms with Gasteiger partial charge in [0.1, 0.15) is 23.9 Å². The molecular formula is C29H26N2O6. The van der Waals surface area contributed by atoms with Crippen LogP contribution in [0.4, 0.5) is 5.69 Å². The predicted octanol–water partition coefficient (Wildman–Crippen LogP) is 4.52. The van der Waals surface area contributed by atoms with Crippen molar-refractivity contribution in [3.63, 3.8) is 0 Å². The first-order valence-corrected chi connectivity index (χ1v) is 11.9. The monoisotopic (exact) mass is 498 g/mol. The van der Waals surface area contributed by atoms with Crippen molar-refractivity contribution in [1.29, 1.82) is 0 Å². The maximum absolute atomic E-state index is 14.0. The van der Waals surface area contributed by atoms with Gasteiger partial charge >= 0.3 is 0 Å². The van der Waals surface area contributed by atoms with E-state index in [1.54, 1.807) is 49.4 Å². The van der Waals surface area contributed by atoms with Crippen LogP contribution >= 0.6 is 0 Å². The molecule has 188 valence electrons. The quantitative estimate of drug-likeness (QED) is 0.388. The summed E-state index contributed by atoms with van der Waals surface area (Å²) in [5, 5.41) is 13.1. The molecule has 2 N–H and O–H groups in total.